The molecule has 28 heavy (non-hydrogen) atoms. The highest BCUT2D eigenvalue weighted by molar-refractivity contribution is 6.06. The van der Waals surface area contributed by atoms with Gasteiger partial charge in [-0.05, 0) is 63.2 Å². The molecule has 146 valence electrons. The zero-order valence-corrected chi connectivity index (χ0v) is 16.3. The fourth-order valence-corrected chi connectivity index (χ4v) is 2.87. The van der Waals surface area contributed by atoms with E-state index < -0.39 is 5.97 Å². The van der Waals surface area contributed by atoms with Crippen molar-refractivity contribution in [2.45, 2.75) is 20.8 Å². The smallest absolute Gasteiger partial charge is 0.341 e. The van der Waals surface area contributed by atoms with E-state index in [1.807, 2.05) is 56.3 Å². The Hall–Kier alpha value is -3.28. The molecule has 6 heteroatoms. The van der Waals surface area contributed by atoms with Gasteiger partial charge < -0.3 is 19.5 Å². The molecule has 0 aliphatic heterocycles. The lowest BCUT2D eigenvalue weighted by Crippen LogP contribution is -2.09. The minimum atomic E-state index is -0.424. The van der Waals surface area contributed by atoms with Gasteiger partial charge in [0, 0.05) is 17.3 Å². The first-order chi connectivity index (χ1) is 13.7. The van der Waals surface area contributed by atoms with Crippen LogP contribution in [0.3, 0.4) is 0 Å². The van der Waals surface area contributed by atoms with Crippen LogP contribution in [0, 0.1) is 0 Å². The van der Waals surface area contributed by atoms with Gasteiger partial charge in [-0.2, -0.15) is 0 Å². The molecule has 0 unspecified atom stereocenters. The van der Waals surface area contributed by atoms with Crippen molar-refractivity contribution in [1.29, 1.82) is 0 Å². The number of nitrogens with zero attached hydrogens (tertiary/aromatic N) is 1. The lowest BCUT2D eigenvalue weighted by molar-refractivity contribution is 0.0527. The molecule has 0 atom stereocenters. The molecule has 0 aliphatic carbocycles. The monoisotopic (exact) mass is 380 g/mol. The Morgan fingerprint density at radius 1 is 0.929 bits per heavy atom. The third-order valence-electron chi connectivity index (χ3n) is 4.08. The normalized spacial score (nSPS) is 10.5. The van der Waals surface area contributed by atoms with E-state index in [0.29, 0.717) is 36.8 Å². The third-order valence-corrected chi connectivity index (χ3v) is 4.08. The minimum Gasteiger partial charge on any atom is -0.494 e. The Morgan fingerprint density at radius 3 is 2.29 bits per heavy atom. The maximum atomic E-state index is 12.5. The van der Waals surface area contributed by atoms with Crippen molar-refractivity contribution in [3.05, 3.63) is 54.2 Å². The van der Waals surface area contributed by atoms with Crippen molar-refractivity contribution >= 4 is 28.2 Å². The summed E-state index contributed by atoms with van der Waals surface area (Å²) in [5.74, 6) is 1.08. The largest absolute Gasteiger partial charge is 0.494 e. The summed E-state index contributed by atoms with van der Waals surface area (Å²) < 4.78 is 16.3. The molecule has 0 saturated carbocycles. The minimum absolute atomic E-state index is 0.290. The molecule has 3 rings (SSSR count). The summed E-state index contributed by atoms with van der Waals surface area (Å²) >= 11 is 0. The van der Waals surface area contributed by atoms with E-state index in [1.54, 1.807) is 6.92 Å². The first kappa shape index (κ1) is 19.5. The van der Waals surface area contributed by atoms with Crippen LogP contribution < -0.4 is 14.8 Å². The summed E-state index contributed by atoms with van der Waals surface area (Å²) in [5.41, 5.74) is 2.58. The number of ether oxygens (including phenoxy) is 3. The average molecular weight is 380 g/mol. The maximum absolute atomic E-state index is 12.5. The Labute approximate surface area is 164 Å². The first-order valence-electron chi connectivity index (χ1n) is 9.38. The Balaban J connectivity index is 2.07. The van der Waals surface area contributed by atoms with Gasteiger partial charge in [0.15, 0.2) is 0 Å². The van der Waals surface area contributed by atoms with Gasteiger partial charge in [-0.3, -0.25) is 4.98 Å². The van der Waals surface area contributed by atoms with Crippen LogP contribution in [0.15, 0.2) is 48.7 Å². The summed E-state index contributed by atoms with van der Waals surface area (Å²) in [6.07, 6.45) is 1.54. The van der Waals surface area contributed by atoms with Gasteiger partial charge in [0.1, 0.15) is 17.1 Å². The standard InChI is InChI=1S/C22H24N2O4/c1-4-26-16-9-7-15(8-10-16)24-21-18-13-17(27-5-2)11-12-20(18)23-14-19(21)22(25)28-6-3/h7-14H,4-6H2,1-3H3,(H,23,24). The predicted molar refractivity (Wildman–Crippen MR) is 110 cm³/mol. The van der Waals surface area contributed by atoms with E-state index >= 15 is 0 Å². The quantitative estimate of drug-likeness (QED) is 0.558. The van der Waals surface area contributed by atoms with Crippen LogP contribution in [0.1, 0.15) is 31.1 Å². The number of rotatable bonds is 8. The highest BCUT2D eigenvalue weighted by Gasteiger charge is 2.17. The number of hydrogen-bond acceptors (Lipinski definition) is 6. The molecule has 1 aromatic heterocycles. The summed E-state index contributed by atoms with van der Waals surface area (Å²) in [4.78, 5) is 16.9. The van der Waals surface area contributed by atoms with Crippen LogP contribution in [0.5, 0.6) is 11.5 Å². The van der Waals surface area contributed by atoms with Crippen LogP contribution in [-0.4, -0.2) is 30.8 Å². The van der Waals surface area contributed by atoms with Gasteiger partial charge in [0.25, 0.3) is 0 Å². The van der Waals surface area contributed by atoms with Crippen molar-refractivity contribution in [3.63, 3.8) is 0 Å². The second-order valence-corrected chi connectivity index (χ2v) is 5.96. The predicted octanol–water partition coefficient (Wildman–Crippen LogP) is 4.95. The molecule has 6 nitrogen and oxygen atoms in total. The molecule has 1 N–H and O–H groups in total. The SMILES string of the molecule is CCOC(=O)c1cnc2ccc(OCC)cc2c1Nc1ccc(OCC)cc1. The molecule has 0 fully saturated rings. The first-order valence-corrected chi connectivity index (χ1v) is 9.38. The number of aromatic nitrogens is 1. The van der Waals surface area contributed by atoms with E-state index in [9.17, 15) is 4.79 Å². The number of esters is 1. The number of hydrogen-bond donors (Lipinski definition) is 1. The Kier molecular flexibility index (Phi) is 6.32. The zero-order valence-electron chi connectivity index (χ0n) is 16.3. The van der Waals surface area contributed by atoms with Crippen molar-refractivity contribution in [1.82, 2.24) is 4.98 Å². The number of pyridine rings is 1. The summed E-state index contributed by atoms with van der Waals surface area (Å²) in [5, 5.41) is 4.12. The maximum Gasteiger partial charge on any atom is 0.341 e. The van der Waals surface area contributed by atoms with E-state index in [1.165, 1.54) is 6.20 Å². The van der Waals surface area contributed by atoms with Crippen molar-refractivity contribution in [2.75, 3.05) is 25.1 Å². The lowest BCUT2D eigenvalue weighted by Gasteiger charge is -2.15. The molecule has 3 aromatic rings. The van der Waals surface area contributed by atoms with Gasteiger partial charge in [0.2, 0.25) is 0 Å². The third kappa shape index (κ3) is 4.34. The second-order valence-electron chi connectivity index (χ2n) is 5.96. The topological polar surface area (TPSA) is 69.7 Å². The highest BCUT2D eigenvalue weighted by Crippen LogP contribution is 2.32. The fourth-order valence-electron chi connectivity index (χ4n) is 2.87. The Bertz CT molecular complexity index is 955. The van der Waals surface area contributed by atoms with E-state index in [2.05, 4.69) is 10.3 Å². The van der Waals surface area contributed by atoms with Gasteiger partial charge in [0.05, 0.1) is 31.0 Å². The molecule has 0 saturated heterocycles. The van der Waals surface area contributed by atoms with Crippen LogP contribution in [0.2, 0.25) is 0 Å². The van der Waals surface area contributed by atoms with Crippen molar-refractivity contribution in [2.24, 2.45) is 0 Å². The van der Waals surface area contributed by atoms with Crippen LogP contribution in [-0.2, 0) is 4.74 Å². The molecule has 0 bridgehead atoms. The highest BCUT2D eigenvalue weighted by atomic mass is 16.5. The van der Waals surface area contributed by atoms with E-state index in [-0.39, 0.29) is 0 Å². The van der Waals surface area contributed by atoms with Gasteiger partial charge in [-0.1, -0.05) is 0 Å². The van der Waals surface area contributed by atoms with E-state index in [4.69, 9.17) is 14.2 Å². The molecule has 2 aromatic carbocycles. The van der Waals surface area contributed by atoms with Crippen LogP contribution in [0.25, 0.3) is 10.9 Å². The molecule has 0 radical (unpaired) electrons. The average Bonchev–Trinajstić information content (AvgIpc) is 2.70. The fraction of sp³-hybridized carbons (Fsp3) is 0.273. The van der Waals surface area contributed by atoms with Gasteiger partial charge in [-0.15, -0.1) is 0 Å². The molecule has 1 heterocycles. The molecular weight excluding hydrogens is 356 g/mol. The number of carbonyl (C=O) groups excluding carboxylic acids is 1. The number of nitrogens with one attached hydrogen (secondary N) is 1. The molecule has 0 aliphatic rings. The second kappa shape index (κ2) is 9.08. The summed E-state index contributed by atoms with van der Waals surface area (Å²) in [6.45, 7) is 7.10. The lowest BCUT2D eigenvalue weighted by atomic mass is 10.1. The summed E-state index contributed by atoms with van der Waals surface area (Å²) in [6, 6.07) is 13.2. The molecular formula is C22H24N2O4. The van der Waals surface area contributed by atoms with Crippen LogP contribution >= 0.6 is 0 Å². The number of fused-ring (bicyclic) bond motifs is 1. The van der Waals surface area contributed by atoms with E-state index in [0.717, 1.165) is 22.3 Å². The van der Waals surface area contributed by atoms with Crippen molar-refractivity contribution in [3.8, 4) is 11.5 Å². The van der Waals surface area contributed by atoms with Crippen LogP contribution in [0.4, 0.5) is 11.4 Å². The number of anilines is 2. The zero-order chi connectivity index (χ0) is 19.9. The Morgan fingerprint density at radius 2 is 1.61 bits per heavy atom. The molecule has 0 amide bonds. The van der Waals surface area contributed by atoms with Crippen molar-refractivity contribution < 1.29 is 19.0 Å². The van der Waals surface area contributed by atoms with Gasteiger partial charge >= 0.3 is 5.97 Å². The summed E-state index contributed by atoms with van der Waals surface area (Å²) in [7, 11) is 0. The number of benzene rings is 2. The number of carbonyl (C=O) groups is 1. The molecule has 0 spiro atoms. The van der Waals surface area contributed by atoms with Gasteiger partial charge in [-0.25, -0.2) is 4.79 Å².